The highest BCUT2D eigenvalue weighted by Gasteiger charge is 2.10. The second-order valence-electron chi connectivity index (χ2n) is 5.86. The number of carbonyl (C=O) groups is 1. The highest BCUT2D eigenvalue weighted by atomic mass is 16.3. The van der Waals surface area contributed by atoms with Crippen LogP contribution < -0.4 is 5.73 Å². The van der Waals surface area contributed by atoms with E-state index in [2.05, 4.69) is 43.4 Å². The van der Waals surface area contributed by atoms with Gasteiger partial charge in [-0.25, -0.2) is 0 Å². The zero-order valence-corrected chi connectivity index (χ0v) is 14.8. The van der Waals surface area contributed by atoms with E-state index in [0.717, 1.165) is 38.5 Å². The summed E-state index contributed by atoms with van der Waals surface area (Å²) in [5, 5.41) is 8.77. The number of aliphatic hydroxyl groups is 1. The zero-order chi connectivity index (χ0) is 17.2. The van der Waals surface area contributed by atoms with Crippen LogP contribution in [-0.2, 0) is 4.79 Å². The minimum absolute atomic E-state index is 0.0197. The third-order valence-electron chi connectivity index (χ3n) is 3.68. The van der Waals surface area contributed by atoms with E-state index in [1.54, 1.807) is 0 Å². The molecule has 0 heterocycles. The molecule has 0 aliphatic heterocycles. The summed E-state index contributed by atoms with van der Waals surface area (Å²) in [6.45, 7) is 1.91. The molecule has 1 unspecified atom stereocenters. The standard InChI is InChI=1S/C20H35NO2/c1-2-3-4-5-6-7-8-9-10-11-12-13-14-15-16-17-20(23)19(21)18-22/h3-4,6-7,9-10,19,22H,2,5,8,11-18,21H2,1H3/b4-3-,7-6-,10-9-. The molecule has 0 radical (unpaired) electrons. The lowest BCUT2D eigenvalue weighted by Gasteiger charge is -2.06. The van der Waals surface area contributed by atoms with E-state index in [9.17, 15) is 4.79 Å². The minimum Gasteiger partial charge on any atom is -0.394 e. The molecule has 0 spiro atoms. The van der Waals surface area contributed by atoms with Crippen LogP contribution in [0.1, 0.15) is 71.1 Å². The first-order chi connectivity index (χ1) is 11.2. The second-order valence-corrected chi connectivity index (χ2v) is 5.86. The maximum absolute atomic E-state index is 11.4. The van der Waals surface area contributed by atoms with Gasteiger partial charge in [0.05, 0.1) is 12.6 Å². The number of unbranched alkanes of at least 4 members (excludes halogenated alkanes) is 5. The fraction of sp³-hybridized carbons (Fsp3) is 0.650. The average Bonchev–Trinajstić information content (AvgIpc) is 2.57. The molecule has 0 fully saturated rings. The first-order valence-corrected chi connectivity index (χ1v) is 9.06. The summed E-state index contributed by atoms with van der Waals surface area (Å²) in [5.74, 6) is -0.0197. The highest BCUT2D eigenvalue weighted by Crippen LogP contribution is 2.08. The first-order valence-electron chi connectivity index (χ1n) is 9.06. The molecule has 3 N–H and O–H groups in total. The van der Waals surface area contributed by atoms with Gasteiger partial charge in [-0.15, -0.1) is 0 Å². The quantitative estimate of drug-likeness (QED) is 0.345. The van der Waals surface area contributed by atoms with Crippen LogP contribution in [0.3, 0.4) is 0 Å². The summed E-state index contributed by atoms with van der Waals surface area (Å²) in [7, 11) is 0. The molecule has 0 aliphatic carbocycles. The molecule has 0 rings (SSSR count). The number of hydrogen-bond acceptors (Lipinski definition) is 3. The van der Waals surface area contributed by atoms with Crippen molar-refractivity contribution in [3.05, 3.63) is 36.5 Å². The molecule has 0 aliphatic rings. The van der Waals surface area contributed by atoms with Crippen LogP contribution in [0.4, 0.5) is 0 Å². The van der Waals surface area contributed by atoms with E-state index in [1.165, 1.54) is 19.3 Å². The molecular weight excluding hydrogens is 286 g/mol. The maximum Gasteiger partial charge on any atom is 0.151 e. The van der Waals surface area contributed by atoms with Crippen molar-refractivity contribution < 1.29 is 9.90 Å². The summed E-state index contributed by atoms with van der Waals surface area (Å²) in [5.41, 5.74) is 5.46. The summed E-state index contributed by atoms with van der Waals surface area (Å²) in [6, 6.07) is -0.683. The minimum atomic E-state index is -0.683. The Labute approximate surface area is 142 Å². The van der Waals surface area contributed by atoms with Crippen LogP contribution in [0.25, 0.3) is 0 Å². The summed E-state index contributed by atoms with van der Waals surface area (Å²) in [4.78, 5) is 11.4. The Kier molecular flexibility index (Phi) is 16.3. The van der Waals surface area contributed by atoms with Crippen LogP contribution in [0, 0.1) is 0 Å². The number of rotatable bonds is 15. The van der Waals surface area contributed by atoms with Crippen molar-refractivity contribution >= 4 is 5.78 Å². The molecule has 0 amide bonds. The lowest BCUT2D eigenvalue weighted by atomic mass is 10.0. The average molecular weight is 322 g/mol. The van der Waals surface area contributed by atoms with Gasteiger partial charge in [0, 0.05) is 6.42 Å². The van der Waals surface area contributed by atoms with Gasteiger partial charge >= 0.3 is 0 Å². The zero-order valence-electron chi connectivity index (χ0n) is 14.8. The monoisotopic (exact) mass is 321 g/mol. The summed E-state index contributed by atoms with van der Waals surface area (Å²) < 4.78 is 0. The van der Waals surface area contributed by atoms with E-state index < -0.39 is 6.04 Å². The van der Waals surface area contributed by atoms with E-state index in [4.69, 9.17) is 10.8 Å². The van der Waals surface area contributed by atoms with Crippen molar-refractivity contribution in [1.29, 1.82) is 0 Å². The predicted molar refractivity (Wildman–Crippen MR) is 99.3 cm³/mol. The van der Waals surface area contributed by atoms with Gasteiger partial charge in [0.1, 0.15) is 0 Å². The number of aliphatic hydroxyl groups excluding tert-OH is 1. The van der Waals surface area contributed by atoms with E-state index in [0.29, 0.717) is 6.42 Å². The Hall–Kier alpha value is -1.19. The van der Waals surface area contributed by atoms with Gasteiger partial charge in [-0.05, 0) is 38.5 Å². The van der Waals surface area contributed by atoms with Crippen LogP contribution in [0.15, 0.2) is 36.5 Å². The molecule has 0 saturated heterocycles. The van der Waals surface area contributed by atoms with Crippen molar-refractivity contribution in [2.24, 2.45) is 5.73 Å². The number of Topliss-reactive ketones (excluding diaryl/α,β-unsaturated/α-hetero) is 1. The molecule has 3 nitrogen and oxygen atoms in total. The smallest absolute Gasteiger partial charge is 0.151 e. The Balaban J connectivity index is 3.34. The third-order valence-corrected chi connectivity index (χ3v) is 3.68. The molecule has 0 aromatic heterocycles. The van der Waals surface area contributed by atoms with Gasteiger partial charge in [-0.1, -0.05) is 62.6 Å². The molecule has 23 heavy (non-hydrogen) atoms. The van der Waals surface area contributed by atoms with Crippen molar-refractivity contribution in [2.75, 3.05) is 6.61 Å². The normalized spacial score (nSPS) is 13.5. The maximum atomic E-state index is 11.4. The van der Waals surface area contributed by atoms with Gasteiger partial charge in [0.15, 0.2) is 5.78 Å². The topological polar surface area (TPSA) is 63.3 Å². The van der Waals surface area contributed by atoms with Crippen molar-refractivity contribution in [1.82, 2.24) is 0 Å². The second kappa shape index (κ2) is 17.2. The molecular formula is C20H35NO2. The number of hydrogen-bond donors (Lipinski definition) is 2. The Morgan fingerprint density at radius 3 is 2.13 bits per heavy atom. The fourth-order valence-corrected chi connectivity index (χ4v) is 2.21. The first kappa shape index (κ1) is 21.8. The molecule has 132 valence electrons. The van der Waals surface area contributed by atoms with E-state index in [-0.39, 0.29) is 12.4 Å². The summed E-state index contributed by atoms with van der Waals surface area (Å²) in [6.07, 6.45) is 23.7. The molecule has 0 bridgehead atoms. The van der Waals surface area contributed by atoms with Gasteiger partial charge in [-0.2, -0.15) is 0 Å². The third kappa shape index (κ3) is 15.5. The van der Waals surface area contributed by atoms with Crippen LogP contribution >= 0.6 is 0 Å². The van der Waals surface area contributed by atoms with E-state index in [1.807, 2.05) is 0 Å². The molecule has 0 aromatic carbocycles. The Morgan fingerprint density at radius 1 is 0.913 bits per heavy atom. The predicted octanol–water partition coefficient (Wildman–Crippen LogP) is 4.46. The van der Waals surface area contributed by atoms with Gasteiger partial charge in [-0.3, -0.25) is 4.79 Å². The molecule has 0 saturated carbocycles. The van der Waals surface area contributed by atoms with Crippen molar-refractivity contribution in [2.45, 2.75) is 77.2 Å². The van der Waals surface area contributed by atoms with Crippen LogP contribution in [0.5, 0.6) is 0 Å². The number of nitrogens with two attached hydrogens (primary N) is 1. The molecule has 1 atom stereocenters. The number of ketones is 1. The number of carbonyl (C=O) groups excluding carboxylic acids is 1. The Morgan fingerprint density at radius 2 is 1.48 bits per heavy atom. The van der Waals surface area contributed by atoms with Crippen molar-refractivity contribution in [3.63, 3.8) is 0 Å². The van der Waals surface area contributed by atoms with Crippen molar-refractivity contribution in [3.8, 4) is 0 Å². The van der Waals surface area contributed by atoms with Crippen LogP contribution in [0.2, 0.25) is 0 Å². The Bertz CT molecular complexity index is 359. The van der Waals surface area contributed by atoms with Gasteiger partial charge in [0.2, 0.25) is 0 Å². The highest BCUT2D eigenvalue weighted by molar-refractivity contribution is 5.83. The SMILES string of the molecule is CC/C=C\C/C=C\C/C=C\CCCCCCCC(=O)C(N)CO. The lowest BCUT2D eigenvalue weighted by Crippen LogP contribution is -2.33. The summed E-state index contributed by atoms with van der Waals surface area (Å²) >= 11 is 0. The van der Waals surface area contributed by atoms with Gasteiger partial charge < -0.3 is 10.8 Å². The van der Waals surface area contributed by atoms with E-state index >= 15 is 0 Å². The molecule has 3 heteroatoms. The lowest BCUT2D eigenvalue weighted by molar-refractivity contribution is -0.121. The fourth-order valence-electron chi connectivity index (χ4n) is 2.21. The van der Waals surface area contributed by atoms with Crippen LogP contribution in [-0.4, -0.2) is 23.5 Å². The number of allylic oxidation sites excluding steroid dienone is 6. The largest absolute Gasteiger partial charge is 0.394 e. The van der Waals surface area contributed by atoms with Gasteiger partial charge in [0.25, 0.3) is 0 Å². The molecule has 0 aromatic rings.